The maximum absolute atomic E-state index is 9.69. The van der Waals surface area contributed by atoms with Gasteiger partial charge in [-0.05, 0) is 0 Å². The van der Waals surface area contributed by atoms with E-state index in [-0.39, 0.29) is 22.9 Å². The quantitative estimate of drug-likeness (QED) is 0.757. The van der Waals surface area contributed by atoms with Crippen LogP contribution in [0.15, 0.2) is 5.38 Å². The van der Waals surface area contributed by atoms with Gasteiger partial charge in [0, 0.05) is 0 Å². The van der Waals surface area contributed by atoms with Crippen molar-refractivity contribution < 1.29 is 9.53 Å². The highest BCUT2D eigenvalue weighted by Crippen LogP contribution is 2.16. The number of aromatic nitrogens is 1. The van der Waals surface area contributed by atoms with Crippen molar-refractivity contribution in [1.82, 2.24) is 4.98 Å². The molecule has 0 saturated heterocycles. The molecule has 0 aliphatic rings. The van der Waals surface area contributed by atoms with Gasteiger partial charge in [-0.15, -0.1) is 28.3 Å². The minimum atomic E-state index is 0. The van der Waals surface area contributed by atoms with Crippen molar-refractivity contribution in [3.63, 3.8) is 0 Å². The van der Waals surface area contributed by atoms with Gasteiger partial charge in [-0.2, -0.15) is 4.98 Å². The van der Waals surface area contributed by atoms with Gasteiger partial charge in [-0.1, -0.05) is 0 Å². The lowest BCUT2D eigenvalue weighted by atomic mass is 10.9. The summed E-state index contributed by atoms with van der Waals surface area (Å²) in [7, 11) is 0. The van der Waals surface area contributed by atoms with E-state index in [4.69, 9.17) is 5.73 Å². The number of carbonyl (C=O) groups excluding carboxylic acids is 1. The van der Waals surface area contributed by atoms with Gasteiger partial charge in [-0.25, -0.2) is 0 Å². The summed E-state index contributed by atoms with van der Waals surface area (Å²) in [6.45, 7) is 0.314. The Kier molecular flexibility index (Phi) is 3.97. The van der Waals surface area contributed by atoms with Crippen LogP contribution < -0.4 is 10.5 Å². The topological polar surface area (TPSA) is 65.2 Å². The molecule has 2 N–H and O–H groups in total. The number of anilines is 1. The number of hydrogen-bond acceptors (Lipinski definition) is 5. The second-order valence-corrected chi connectivity index (χ2v) is 2.13. The van der Waals surface area contributed by atoms with Crippen molar-refractivity contribution in [2.45, 2.75) is 0 Å². The van der Waals surface area contributed by atoms with E-state index < -0.39 is 0 Å². The largest absolute Gasteiger partial charge is 0.409 e. The summed E-state index contributed by atoms with van der Waals surface area (Å²) in [4.78, 5) is 13.3. The molecule has 0 radical (unpaired) electrons. The number of nitrogen functional groups attached to an aromatic ring is 1. The zero-order valence-corrected chi connectivity index (χ0v) is 7.34. The Morgan fingerprint density at radius 1 is 1.80 bits per heavy atom. The lowest BCUT2D eigenvalue weighted by molar-refractivity contribution is -0.120. The average molecular weight is 225 g/mol. The van der Waals surface area contributed by atoms with Crippen molar-refractivity contribution in [1.29, 1.82) is 0 Å². The normalized spacial score (nSPS) is 8.00. The van der Waals surface area contributed by atoms with E-state index in [0.717, 1.165) is 0 Å². The molecule has 0 atom stereocenters. The highest BCUT2D eigenvalue weighted by atomic mass is 79.9. The lowest BCUT2D eigenvalue weighted by Gasteiger charge is -1.83. The minimum Gasteiger partial charge on any atom is -0.409 e. The molecule has 1 aromatic heterocycles. The van der Waals surface area contributed by atoms with Crippen LogP contribution in [-0.2, 0) is 4.79 Å². The zero-order valence-electron chi connectivity index (χ0n) is 4.81. The molecule has 0 saturated carbocycles. The molecular weight excluding hydrogens is 220 g/mol. The summed E-state index contributed by atoms with van der Waals surface area (Å²) in [6.07, 6.45) is 0. The van der Waals surface area contributed by atoms with Gasteiger partial charge in [0.1, 0.15) is 0 Å². The van der Waals surface area contributed by atoms with Crippen LogP contribution in [0.3, 0.4) is 0 Å². The summed E-state index contributed by atoms with van der Waals surface area (Å²) in [5.74, 6) is 0.257. The molecule has 56 valence electrons. The molecule has 4 nitrogen and oxygen atoms in total. The Hall–Kier alpha value is -0.620. The number of hydrogen-bond donors (Lipinski definition) is 1. The van der Waals surface area contributed by atoms with Crippen LogP contribution in [0.5, 0.6) is 5.88 Å². The first-order valence-electron chi connectivity index (χ1n) is 2.14. The van der Waals surface area contributed by atoms with Crippen LogP contribution >= 0.6 is 28.3 Å². The molecule has 0 aromatic carbocycles. The fraction of sp³-hybridized carbons (Fsp3) is 0. The molecule has 0 amide bonds. The van der Waals surface area contributed by atoms with Crippen LogP contribution in [0, 0.1) is 0 Å². The van der Waals surface area contributed by atoms with Crippen LogP contribution in [-0.4, -0.2) is 11.5 Å². The third-order valence-electron chi connectivity index (χ3n) is 0.670. The number of nitrogens with zero attached hydrogens (tertiary/aromatic N) is 1. The first kappa shape index (κ1) is 9.38. The van der Waals surface area contributed by atoms with Gasteiger partial charge in [-0.3, -0.25) is 4.79 Å². The van der Waals surface area contributed by atoms with Gasteiger partial charge in [0.15, 0.2) is 5.13 Å². The predicted octanol–water partition coefficient (Wildman–Crippen LogP) is 0.838. The highest BCUT2D eigenvalue weighted by molar-refractivity contribution is 8.93. The molecule has 0 bridgehead atoms. The summed E-state index contributed by atoms with van der Waals surface area (Å²) in [5, 5.41) is 1.95. The Bertz CT molecular complexity index is 215. The molecule has 6 heteroatoms. The summed E-state index contributed by atoms with van der Waals surface area (Å²) < 4.78 is 4.37. The summed E-state index contributed by atoms with van der Waals surface area (Å²) in [6, 6.07) is 0. The van der Waals surface area contributed by atoms with Crippen LogP contribution in [0.1, 0.15) is 0 Å². The number of nitrogens with two attached hydrogens (primary N) is 1. The van der Waals surface area contributed by atoms with Crippen molar-refractivity contribution in [3.05, 3.63) is 5.38 Å². The smallest absolute Gasteiger partial charge is 0.299 e. The molecule has 0 fully saturated rings. The molecule has 0 aliphatic heterocycles. The fourth-order valence-electron chi connectivity index (χ4n) is 0.376. The van der Waals surface area contributed by atoms with Gasteiger partial charge >= 0.3 is 0 Å². The Balaban J connectivity index is 0.000000810. The molecule has 0 unspecified atom stereocenters. The zero-order chi connectivity index (χ0) is 6.69. The average Bonchev–Trinajstić information content (AvgIpc) is 2.17. The third kappa shape index (κ3) is 2.32. The number of rotatable bonds is 2. The Morgan fingerprint density at radius 3 is 2.90 bits per heavy atom. The summed E-state index contributed by atoms with van der Waals surface area (Å²) in [5.41, 5.74) is 5.22. The van der Waals surface area contributed by atoms with E-state index in [1.54, 1.807) is 5.38 Å². The van der Waals surface area contributed by atoms with Gasteiger partial charge in [0.2, 0.25) is 5.88 Å². The second kappa shape index (κ2) is 4.24. The van der Waals surface area contributed by atoms with Crippen molar-refractivity contribution in [3.8, 4) is 5.88 Å². The number of ether oxygens (including phenoxy) is 1. The summed E-state index contributed by atoms with van der Waals surface area (Å²) >= 11 is 1.23. The molecule has 1 aromatic rings. The fourth-order valence-corrected chi connectivity index (χ4v) is 0.848. The Labute approximate surface area is 71.8 Å². The third-order valence-corrected chi connectivity index (χ3v) is 1.32. The highest BCUT2D eigenvalue weighted by Gasteiger charge is 1.95. The van der Waals surface area contributed by atoms with Gasteiger partial charge < -0.3 is 10.5 Å². The maximum Gasteiger partial charge on any atom is 0.299 e. The molecule has 1 heterocycles. The Morgan fingerprint density at radius 2 is 2.50 bits per heavy atom. The number of thiazole rings is 1. The van der Waals surface area contributed by atoms with E-state index in [0.29, 0.717) is 11.6 Å². The molecule has 10 heavy (non-hydrogen) atoms. The van der Waals surface area contributed by atoms with E-state index in [2.05, 4.69) is 9.72 Å². The van der Waals surface area contributed by atoms with Crippen molar-refractivity contribution in [2.75, 3.05) is 5.73 Å². The molecule has 1 rings (SSSR count). The van der Waals surface area contributed by atoms with E-state index >= 15 is 0 Å². The monoisotopic (exact) mass is 224 g/mol. The minimum absolute atomic E-state index is 0. The van der Waals surface area contributed by atoms with Crippen molar-refractivity contribution in [2.24, 2.45) is 0 Å². The lowest BCUT2D eigenvalue weighted by Crippen LogP contribution is -1.88. The molecule has 0 aliphatic carbocycles. The number of carbonyl (C=O) groups is 1. The van der Waals surface area contributed by atoms with Crippen LogP contribution in [0.25, 0.3) is 0 Å². The van der Waals surface area contributed by atoms with Crippen LogP contribution in [0.2, 0.25) is 0 Å². The number of halogens is 1. The first-order chi connectivity index (χ1) is 4.33. The predicted molar refractivity (Wildman–Crippen MR) is 43.5 cm³/mol. The van der Waals surface area contributed by atoms with E-state index in [1.807, 2.05) is 0 Å². The standard InChI is InChI=1S/C4H4N2O2S.BrH/c5-4-6-3(1-9-4)8-2-7;/h1-2H,(H2,5,6);1H. The second-order valence-electron chi connectivity index (χ2n) is 1.24. The molecule has 0 spiro atoms. The first-order valence-corrected chi connectivity index (χ1v) is 3.02. The van der Waals surface area contributed by atoms with Crippen LogP contribution in [0.4, 0.5) is 5.13 Å². The van der Waals surface area contributed by atoms with E-state index in [1.165, 1.54) is 11.3 Å². The maximum atomic E-state index is 9.69. The van der Waals surface area contributed by atoms with Crippen molar-refractivity contribution >= 4 is 39.9 Å². The van der Waals surface area contributed by atoms with E-state index in [9.17, 15) is 4.79 Å². The molecular formula is C4H5BrN2O2S. The van der Waals surface area contributed by atoms with Gasteiger partial charge in [0.05, 0.1) is 5.38 Å². The SMILES string of the molecule is Br.Nc1nc(OC=O)cs1. The van der Waals surface area contributed by atoms with Gasteiger partial charge in [0.25, 0.3) is 6.47 Å².